The number of aliphatic imine (C=N–C) groups is 1. The van der Waals surface area contributed by atoms with Crippen molar-refractivity contribution in [2.75, 3.05) is 19.6 Å². The van der Waals surface area contributed by atoms with Gasteiger partial charge in [0.2, 0.25) is 5.91 Å². The molecule has 0 heterocycles. The highest BCUT2D eigenvalue weighted by atomic mass is 16.2. The van der Waals surface area contributed by atoms with Crippen LogP contribution in [0.1, 0.15) is 38.8 Å². The van der Waals surface area contributed by atoms with Crippen LogP contribution in [0.4, 0.5) is 0 Å². The largest absolute Gasteiger partial charge is 0.357 e. The number of benzene rings is 1. The maximum Gasteiger partial charge on any atom is 0.225 e. The molecule has 3 N–H and O–H groups in total. The molecule has 0 saturated carbocycles. The van der Waals surface area contributed by atoms with Crippen LogP contribution in [0.3, 0.4) is 0 Å². The van der Waals surface area contributed by atoms with E-state index in [-0.39, 0.29) is 11.3 Å². The van der Waals surface area contributed by atoms with E-state index in [1.807, 2.05) is 27.7 Å². The molecule has 1 amide bonds. The van der Waals surface area contributed by atoms with E-state index in [0.29, 0.717) is 19.6 Å². The van der Waals surface area contributed by atoms with Gasteiger partial charge in [-0.2, -0.15) is 0 Å². The highest BCUT2D eigenvalue weighted by Crippen LogP contribution is 2.11. The lowest BCUT2D eigenvalue weighted by atomic mass is 9.96. The molecule has 0 spiro atoms. The lowest BCUT2D eigenvalue weighted by molar-refractivity contribution is -0.128. The van der Waals surface area contributed by atoms with Crippen molar-refractivity contribution in [3.63, 3.8) is 0 Å². The molecule has 0 aliphatic carbocycles. The first-order valence-corrected chi connectivity index (χ1v) is 8.19. The second-order valence-corrected chi connectivity index (χ2v) is 6.61. The average molecular weight is 318 g/mol. The predicted octanol–water partition coefficient (Wildman–Crippen LogP) is 2.21. The number of carbonyl (C=O) groups excluding carboxylic acids is 1. The van der Waals surface area contributed by atoms with Crippen molar-refractivity contribution < 1.29 is 4.79 Å². The van der Waals surface area contributed by atoms with Crippen LogP contribution in [0.15, 0.2) is 29.3 Å². The topological polar surface area (TPSA) is 65.5 Å². The van der Waals surface area contributed by atoms with Crippen LogP contribution < -0.4 is 16.0 Å². The first-order valence-electron chi connectivity index (χ1n) is 8.19. The smallest absolute Gasteiger partial charge is 0.225 e. The van der Waals surface area contributed by atoms with Crippen LogP contribution in [-0.4, -0.2) is 31.5 Å². The molecule has 0 saturated heterocycles. The molecule has 1 aromatic rings. The molecule has 0 radical (unpaired) electrons. The maximum atomic E-state index is 11.8. The zero-order chi connectivity index (χ0) is 17.3. The number of hydrogen-bond acceptors (Lipinski definition) is 2. The molecular weight excluding hydrogens is 288 g/mol. The van der Waals surface area contributed by atoms with Gasteiger partial charge in [-0.05, 0) is 19.4 Å². The van der Waals surface area contributed by atoms with Crippen LogP contribution in [-0.2, 0) is 11.3 Å². The lowest BCUT2D eigenvalue weighted by Crippen LogP contribution is -2.43. The second-order valence-electron chi connectivity index (χ2n) is 6.61. The lowest BCUT2D eigenvalue weighted by Gasteiger charge is -2.18. The summed E-state index contributed by atoms with van der Waals surface area (Å²) in [5, 5.41) is 9.36. The van der Waals surface area contributed by atoms with Gasteiger partial charge in [-0.15, -0.1) is 0 Å². The molecule has 23 heavy (non-hydrogen) atoms. The molecule has 0 aliphatic rings. The number of carbonyl (C=O) groups is 1. The van der Waals surface area contributed by atoms with Gasteiger partial charge < -0.3 is 16.0 Å². The Morgan fingerprint density at radius 1 is 1.04 bits per heavy atom. The van der Waals surface area contributed by atoms with Crippen LogP contribution in [0, 0.1) is 12.3 Å². The SMILES string of the molecule is CCNC(=NCc1ccc(C)cc1)NCCNC(=O)C(C)(C)C. The Kier molecular flexibility index (Phi) is 7.59. The summed E-state index contributed by atoms with van der Waals surface area (Å²) < 4.78 is 0. The molecule has 1 rings (SSSR count). The first-order chi connectivity index (χ1) is 10.8. The number of guanidine groups is 1. The van der Waals surface area contributed by atoms with E-state index in [9.17, 15) is 4.79 Å². The quantitative estimate of drug-likeness (QED) is 0.428. The normalized spacial score (nSPS) is 12.0. The van der Waals surface area contributed by atoms with E-state index in [0.717, 1.165) is 12.5 Å². The Hall–Kier alpha value is -2.04. The van der Waals surface area contributed by atoms with Crippen LogP contribution in [0.5, 0.6) is 0 Å². The van der Waals surface area contributed by atoms with Crippen molar-refractivity contribution in [3.05, 3.63) is 35.4 Å². The van der Waals surface area contributed by atoms with E-state index in [4.69, 9.17) is 0 Å². The van der Waals surface area contributed by atoms with Gasteiger partial charge in [0, 0.05) is 25.0 Å². The second kappa shape index (κ2) is 9.18. The first kappa shape index (κ1) is 19.0. The molecular formula is C18H30N4O. The third kappa shape index (κ3) is 7.68. The molecule has 5 heteroatoms. The van der Waals surface area contributed by atoms with Crippen LogP contribution in [0.25, 0.3) is 0 Å². The van der Waals surface area contributed by atoms with Gasteiger partial charge in [-0.1, -0.05) is 50.6 Å². The van der Waals surface area contributed by atoms with E-state index in [1.54, 1.807) is 0 Å². The van der Waals surface area contributed by atoms with Crippen molar-refractivity contribution in [1.82, 2.24) is 16.0 Å². The monoisotopic (exact) mass is 318 g/mol. The molecule has 128 valence electrons. The summed E-state index contributed by atoms with van der Waals surface area (Å²) in [5.41, 5.74) is 2.07. The molecule has 0 fully saturated rings. The minimum atomic E-state index is -0.357. The van der Waals surface area contributed by atoms with Gasteiger partial charge in [0.1, 0.15) is 0 Å². The van der Waals surface area contributed by atoms with E-state index in [1.165, 1.54) is 11.1 Å². The summed E-state index contributed by atoms with van der Waals surface area (Å²) in [6.07, 6.45) is 0. The number of rotatable bonds is 6. The van der Waals surface area contributed by atoms with Crippen molar-refractivity contribution in [2.24, 2.45) is 10.4 Å². The summed E-state index contributed by atoms with van der Waals surface area (Å²) in [6, 6.07) is 8.36. The van der Waals surface area contributed by atoms with Gasteiger partial charge in [0.05, 0.1) is 6.54 Å². The highest BCUT2D eigenvalue weighted by molar-refractivity contribution is 5.81. The van der Waals surface area contributed by atoms with E-state index >= 15 is 0 Å². The summed E-state index contributed by atoms with van der Waals surface area (Å²) >= 11 is 0. The number of nitrogens with one attached hydrogen (secondary N) is 3. The van der Waals surface area contributed by atoms with Crippen LogP contribution >= 0.6 is 0 Å². The minimum Gasteiger partial charge on any atom is -0.357 e. The molecule has 0 unspecified atom stereocenters. The van der Waals surface area contributed by atoms with Crippen molar-refractivity contribution >= 4 is 11.9 Å². The minimum absolute atomic E-state index is 0.0564. The number of nitrogens with zero attached hydrogens (tertiary/aromatic N) is 1. The van der Waals surface area contributed by atoms with Gasteiger partial charge in [-0.25, -0.2) is 4.99 Å². The summed E-state index contributed by atoms with van der Waals surface area (Å²) in [5.74, 6) is 0.818. The highest BCUT2D eigenvalue weighted by Gasteiger charge is 2.20. The fraction of sp³-hybridized carbons (Fsp3) is 0.556. The van der Waals surface area contributed by atoms with Crippen molar-refractivity contribution in [3.8, 4) is 0 Å². The molecule has 1 aromatic carbocycles. The fourth-order valence-corrected chi connectivity index (χ4v) is 1.83. The van der Waals surface area contributed by atoms with E-state index < -0.39 is 0 Å². The average Bonchev–Trinajstić information content (AvgIpc) is 2.49. The Morgan fingerprint density at radius 2 is 1.65 bits per heavy atom. The Morgan fingerprint density at radius 3 is 2.22 bits per heavy atom. The Labute approximate surface area is 140 Å². The zero-order valence-corrected chi connectivity index (χ0v) is 15.0. The van der Waals surface area contributed by atoms with Crippen molar-refractivity contribution in [2.45, 2.75) is 41.2 Å². The van der Waals surface area contributed by atoms with Crippen LogP contribution in [0.2, 0.25) is 0 Å². The Bertz CT molecular complexity index is 515. The number of aryl methyl sites for hydroxylation is 1. The molecule has 0 bridgehead atoms. The summed E-state index contributed by atoms with van der Waals surface area (Å²) in [6.45, 7) is 12.5. The standard InChI is InChI=1S/C18H30N4O/c1-6-19-17(21-12-11-20-16(23)18(3,4)5)22-13-15-9-7-14(2)8-10-15/h7-10H,6,11-13H2,1-5H3,(H,20,23)(H2,19,21,22). The predicted molar refractivity (Wildman–Crippen MR) is 96.5 cm³/mol. The number of amides is 1. The number of hydrogen-bond donors (Lipinski definition) is 3. The molecule has 0 atom stereocenters. The Balaban J connectivity index is 2.43. The maximum absolute atomic E-state index is 11.8. The molecule has 0 aliphatic heterocycles. The van der Waals surface area contributed by atoms with E-state index in [2.05, 4.69) is 52.1 Å². The summed E-state index contributed by atoms with van der Waals surface area (Å²) in [4.78, 5) is 16.3. The van der Waals surface area contributed by atoms with Gasteiger partial charge in [0.25, 0.3) is 0 Å². The third-order valence-corrected chi connectivity index (χ3v) is 3.27. The molecule has 0 aromatic heterocycles. The summed E-state index contributed by atoms with van der Waals surface area (Å²) in [7, 11) is 0. The third-order valence-electron chi connectivity index (χ3n) is 3.27. The van der Waals surface area contributed by atoms with Gasteiger partial charge in [0.15, 0.2) is 5.96 Å². The molecule has 5 nitrogen and oxygen atoms in total. The van der Waals surface area contributed by atoms with Gasteiger partial charge >= 0.3 is 0 Å². The van der Waals surface area contributed by atoms with Crippen molar-refractivity contribution in [1.29, 1.82) is 0 Å². The van der Waals surface area contributed by atoms with Gasteiger partial charge in [-0.3, -0.25) is 4.79 Å². The zero-order valence-electron chi connectivity index (χ0n) is 15.0. The fourth-order valence-electron chi connectivity index (χ4n) is 1.83.